The molecule has 0 bridgehead atoms. The number of esters is 2. The lowest BCUT2D eigenvalue weighted by Gasteiger charge is -2.44. The predicted octanol–water partition coefficient (Wildman–Crippen LogP) is 3.53. The van der Waals surface area contributed by atoms with Gasteiger partial charge in [0.1, 0.15) is 12.4 Å². The van der Waals surface area contributed by atoms with Crippen LogP contribution in [0.15, 0.2) is 65.7 Å². The number of nitrogens with zero attached hydrogens (tertiary/aromatic N) is 3. The van der Waals surface area contributed by atoms with Crippen LogP contribution in [0.5, 0.6) is 0 Å². The van der Waals surface area contributed by atoms with Gasteiger partial charge in [0.15, 0.2) is 0 Å². The number of carbonyl (C=O) groups is 2. The van der Waals surface area contributed by atoms with Crippen molar-refractivity contribution in [3.05, 3.63) is 93.2 Å². The molecule has 2 heterocycles. The van der Waals surface area contributed by atoms with Crippen molar-refractivity contribution in [1.29, 1.82) is 0 Å². The number of aromatic nitrogens is 1. The van der Waals surface area contributed by atoms with Crippen LogP contribution in [0, 0.1) is 10.1 Å². The summed E-state index contributed by atoms with van der Waals surface area (Å²) < 4.78 is 78.8. The number of rotatable bonds is 8. The largest absolute Gasteiger partial charge is 0.466 e. The lowest BCUT2D eigenvalue weighted by Crippen LogP contribution is -2.70. The summed E-state index contributed by atoms with van der Waals surface area (Å²) in [7, 11) is -3.68. The zero-order valence-electron chi connectivity index (χ0n) is 23.7. The molecule has 2 atom stereocenters. The maximum atomic E-state index is 14.4. The minimum atomic E-state index is -4.69. The normalized spacial score (nSPS) is 19.9. The Morgan fingerprint density at radius 3 is 2.51 bits per heavy atom. The number of ether oxygens (including phenoxy) is 2. The highest BCUT2D eigenvalue weighted by atomic mass is 32.2. The number of fused-ring (bicyclic) bond motifs is 1. The molecule has 2 aromatic carbocycles. The van der Waals surface area contributed by atoms with Crippen molar-refractivity contribution in [2.24, 2.45) is 0 Å². The number of aryl methyl sites for hydroxylation is 1. The molecule has 45 heavy (non-hydrogen) atoms. The molecule has 2 aliphatic rings. The van der Waals surface area contributed by atoms with Crippen molar-refractivity contribution in [2.45, 2.75) is 41.3 Å². The first kappa shape index (κ1) is 31.8. The van der Waals surface area contributed by atoms with Crippen molar-refractivity contribution in [2.75, 3.05) is 31.6 Å². The number of nitrogens with one attached hydrogen (secondary N) is 1. The van der Waals surface area contributed by atoms with Gasteiger partial charge in [-0.1, -0.05) is 6.07 Å². The smallest absolute Gasteiger partial charge is 0.417 e. The second kappa shape index (κ2) is 12.1. The van der Waals surface area contributed by atoms with Crippen molar-refractivity contribution in [3.63, 3.8) is 0 Å². The van der Waals surface area contributed by atoms with Gasteiger partial charge in [0.25, 0.3) is 10.6 Å². The molecule has 1 aliphatic carbocycles. The number of anilines is 1. The number of halogens is 3. The number of piperazine rings is 1. The first-order chi connectivity index (χ1) is 21.3. The summed E-state index contributed by atoms with van der Waals surface area (Å²) in [6, 6.07) is 11.4. The van der Waals surface area contributed by atoms with E-state index >= 15 is 0 Å². The Morgan fingerprint density at radius 1 is 1.16 bits per heavy atom. The van der Waals surface area contributed by atoms with Crippen LogP contribution in [0.2, 0.25) is 0 Å². The van der Waals surface area contributed by atoms with E-state index in [4.69, 9.17) is 9.47 Å². The van der Waals surface area contributed by atoms with E-state index in [9.17, 15) is 41.3 Å². The standard InChI is InChI=1S/C29H27F3N4O8S/c1-43-27(38)28(17-33-12-13-35(28)25-11-6-20(15-34-25)29(30,31)32)45(41,42)22-9-4-19-5-10-23(24(19)14-22)26(37)44-16-18-2-7-21(8-3-18)36(39)40/h2-4,6-9,11,14-15,23,33H,5,10,12-13,16-17H2,1H3. The average Bonchev–Trinajstić information content (AvgIpc) is 3.46. The van der Waals surface area contributed by atoms with E-state index in [2.05, 4.69) is 10.3 Å². The number of nitro groups is 1. The summed E-state index contributed by atoms with van der Waals surface area (Å²) in [6.07, 6.45) is -3.32. The third-order valence-electron chi connectivity index (χ3n) is 7.93. The van der Waals surface area contributed by atoms with Crippen molar-refractivity contribution in [1.82, 2.24) is 10.3 Å². The van der Waals surface area contributed by atoms with Crippen molar-refractivity contribution >= 4 is 33.3 Å². The monoisotopic (exact) mass is 648 g/mol. The second-order valence-electron chi connectivity index (χ2n) is 10.5. The highest BCUT2D eigenvalue weighted by Gasteiger charge is 2.59. The Balaban J connectivity index is 1.46. The minimum absolute atomic E-state index is 0.102. The molecule has 1 saturated heterocycles. The lowest BCUT2D eigenvalue weighted by molar-refractivity contribution is -0.384. The summed E-state index contributed by atoms with van der Waals surface area (Å²) in [5.74, 6) is -2.79. The molecule has 0 radical (unpaired) electrons. The van der Waals surface area contributed by atoms with Crippen LogP contribution in [0.25, 0.3) is 0 Å². The maximum absolute atomic E-state index is 14.4. The van der Waals surface area contributed by atoms with Crippen LogP contribution < -0.4 is 10.2 Å². The molecule has 1 aliphatic heterocycles. The Labute approximate surface area is 255 Å². The van der Waals surface area contributed by atoms with E-state index in [0.29, 0.717) is 35.7 Å². The maximum Gasteiger partial charge on any atom is 0.417 e. The zero-order valence-corrected chi connectivity index (χ0v) is 24.6. The van der Waals surface area contributed by atoms with Crippen molar-refractivity contribution < 1.29 is 45.6 Å². The average molecular weight is 649 g/mol. The van der Waals surface area contributed by atoms with E-state index in [1.807, 2.05) is 0 Å². The second-order valence-corrected chi connectivity index (χ2v) is 12.6. The molecule has 238 valence electrons. The van der Waals surface area contributed by atoms with Crippen LogP contribution in [-0.2, 0) is 48.1 Å². The number of hydrogen-bond donors (Lipinski definition) is 1. The van der Waals surface area contributed by atoms with E-state index < -0.39 is 55.8 Å². The fraction of sp³-hybridized carbons (Fsp3) is 0.345. The van der Waals surface area contributed by atoms with Gasteiger partial charge < -0.3 is 19.7 Å². The lowest BCUT2D eigenvalue weighted by atomic mass is 10.0. The minimum Gasteiger partial charge on any atom is -0.466 e. The van der Waals surface area contributed by atoms with Gasteiger partial charge in [-0.25, -0.2) is 18.2 Å². The molecule has 0 spiro atoms. The Bertz CT molecular complexity index is 1730. The predicted molar refractivity (Wildman–Crippen MR) is 152 cm³/mol. The molecule has 1 fully saturated rings. The number of alkyl halides is 3. The molecule has 0 saturated carbocycles. The van der Waals surface area contributed by atoms with Gasteiger partial charge in [-0.15, -0.1) is 0 Å². The quantitative estimate of drug-likeness (QED) is 0.216. The fourth-order valence-electron chi connectivity index (χ4n) is 5.59. The Morgan fingerprint density at radius 2 is 1.89 bits per heavy atom. The van der Waals surface area contributed by atoms with Crippen LogP contribution in [-0.4, -0.2) is 61.9 Å². The summed E-state index contributed by atoms with van der Waals surface area (Å²) >= 11 is 0. The molecule has 16 heteroatoms. The number of sulfone groups is 1. The number of nitro benzene ring substituents is 1. The molecule has 12 nitrogen and oxygen atoms in total. The molecule has 5 rings (SSSR count). The number of hydrogen-bond acceptors (Lipinski definition) is 11. The molecular formula is C29H27F3N4O8S. The first-order valence-corrected chi connectivity index (χ1v) is 15.2. The molecule has 2 unspecified atom stereocenters. The van der Waals surface area contributed by atoms with Gasteiger partial charge in [-0.05, 0) is 65.9 Å². The van der Waals surface area contributed by atoms with Crippen LogP contribution in [0.3, 0.4) is 0 Å². The van der Waals surface area contributed by atoms with E-state index in [0.717, 1.165) is 24.1 Å². The first-order valence-electron chi connectivity index (χ1n) is 13.7. The van der Waals surface area contributed by atoms with Gasteiger partial charge in [-0.3, -0.25) is 14.9 Å². The number of benzene rings is 2. The van der Waals surface area contributed by atoms with E-state index in [1.165, 1.54) is 36.4 Å². The summed E-state index contributed by atoms with van der Waals surface area (Å²) in [6.45, 7) is -0.519. The highest BCUT2D eigenvalue weighted by molar-refractivity contribution is 7.93. The zero-order chi connectivity index (χ0) is 32.6. The third-order valence-corrected chi connectivity index (χ3v) is 10.2. The SMILES string of the molecule is COC(=O)C1(S(=O)(=O)c2ccc3c(c2)C(C(=O)OCc2ccc([N+](=O)[O-])cc2)CC3)CNCCN1c1ccc(C(F)(F)F)cn1. The number of methoxy groups -OCH3 is 1. The van der Waals surface area contributed by atoms with Crippen molar-refractivity contribution in [3.8, 4) is 0 Å². The molecule has 0 amide bonds. The molecule has 1 aromatic heterocycles. The molecule has 1 N–H and O–H groups in total. The summed E-state index contributed by atoms with van der Waals surface area (Å²) in [4.78, 5) is 39.1. The number of non-ortho nitro benzene ring substituents is 1. The van der Waals surface area contributed by atoms with Gasteiger partial charge in [-0.2, -0.15) is 13.2 Å². The molecular weight excluding hydrogens is 621 g/mol. The Hall–Kier alpha value is -4.57. The number of pyridine rings is 1. The van der Waals surface area contributed by atoms with Gasteiger partial charge in [0.2, 0.25) is 9.84 Å². The third kappa shape index (κ3) is 5.82. The number of carbonyl (C=O) groups excluding carboxylic acids is 2. The fourth-order valence-corrected chi connectivity index (χ4v) is 7.57. The summed E-state index contributed by atoms with van der Waals surface area (Å²) in [5, 5.41) is 13.8. The van der Waals surface area contributed by atoms with E-state index in [-0.39, 0.29) is 36.1 Å². The van der Waals surface area contributed by atoms with E-state index in [1.54, 1.807) is 6.07 Å². The van der Waals surface area contributed by atoms with Gasteiger partial charge >= 0.3 is 18.1 Å². The topological polar surface area (TPSA) is 158 Å². The molecule has 3 aromatic rings. The summed E-state index contributed by atoms with van der Waals surface area (Å²) in [5.41, 5.74) is 0.464. The van der Waals surface area contributed by atoms with Gasteiger partial charge in [0, 0.05) is 38.0 Å². The Kier molecular flexibility index (Phi) is 8.55. The van der Waals surface area contributed by atoms with Crippen LogP contribution >= 0.6 is 0 Å². The van der Waals surface area contributed by atoms with Gasteiger partial charge in [0.05, 0.1) is 28.4 Å². The van der Waals surface area contributed by atoms with Crippen LogP contribution in [0.4, 0.5) is 24.7 Å². The van der Waals surface area contributed by atoms with Crippen LogP contribution in [0.1, 0.15) is 34.6 Å². The highest BCUT2D eigenvalue weighted by Crippen LogP contribution is 2.40.